The predicted octanol–water partition coefficient (Wildman–Crippen LogP) is 2.84. The van der Waals surface area contributed by atoms with Gasteiger partial charge in [0.05, 0.1) is 19.3 Å². The van der Waals surface area contributed by atoms with Gasteiger partial charge in [0.2, 0.25) is 6.79 Å². The van der Waals surface area contributed by atoms with Crippen LogP contribution in [0.2, 0.25) is 0 Å². The summed E-state index contributed by atoms with van der Waals surface area (Å²) in [6.45, 7) is 6.47. The van der Waals surface area contributed by atoms with E-state index in [1.165, 1.54) is 5.56 Å². The molecule has 154 valence electrons. The van der Waals surface area contributed by atoms with E-state index in [0.717, 1.165) is 43.4 Å². The standard InChI is InChI=1S/C22H27N3O3S/c1-16(21(18-5-3-2-4-6-18)25-9-11-26-12-10-25)24-22(29)23-14-17-7-8-19-20(13-17)28-15-27-19/h2-8,13,16,21H,9-12,14-15H2,1H3,(H2,23,24,29)/t16-,21+/m1/s1. The molecule has 0 unspecified atom stereocenters. The van der Waals surface area contributed by atoms with Gasteiger partial charge in [-0.2, -0.15) is 0 Å². The minimum atomic E-state index is 0.146. The second-order valence-corrected chi connectivity index (χ2v) is 7.72. The number of hydrogen-bond acceptors (Lipinski definition) is 5. The summed E-state index contributed by atoms with van der Waals surface area (Å²) in [7, 11) is 0. The normalized spacial score (nSPS) is 18.1. The number of benzene rings is 2. The molecule has 2 N–H and O–H groups in total. The summed E-state index contributed by atoms with van der Waals surface area (Å²) in [5.41, 5.74) is 2.38. The Kier molecular flexibility index (Phi) is 6.49. The Morgan fingerprint density at radius 1 is 1.07 bits per heavy atom. The first-order chi connectivity index (χ1) is 14.2. The van der Waals surface area contributed by atoms with Gasteiger partial charge < -0.3 is 24.8 Å². The van der Waals surface area contributed by atoms with Crippen molar-refractivity contribution in [3.05, 3.63) is 59.7 Å². The smallest absolute Gasteiger partial charge is 0.231 e. The van der Waals surface area contributed by atoms with Gasteiger partial charge in [-0.15, -0.1) is 0 Å². The summed E-state index contributed by atoms with van der Waals surface area (Å²) in [5, 5.41) is 7.43. The third kappa shape index (κ3) is 4.98. The van der Waals surface area contributed by atoms with Gasteiger partial charge in [0.1, 0.15) is 0 Å². The monoisotopic (exact) mass is 413 g/mol. The maximum atomic E-state index is 5.58. The molecule has 6 nitrogen and oxygen atoms in total. The van der Waals surface area contributed by atoms with Gasteiger partial charge in [-0.1, -0.05) is 36.4 Å². The van der Waals surface area contributed by atoms with Crippen LogP contribution in [-0.4, -0.2) is 49.2 Å². The van der Waals surface area contributed by atoms with Gasteiger partial charge in [-0.25, -0.2) is 0 Å². The lowest BCUT2D eigenvalue weighted by Gasteiger charge is -2.38. The van der Waals surface area contributed by atoms with Crippen molar-refractivity contribution in [3.8, 4) is 11.5 Å². The van der Waals surface area contributed by atoms with Crippen LogP contribution in [0.1, 0.15) is 24.1 Å². The SMILES string of the molecule is C[C@@H](NC(=S)NCc1ccc2c(c1)OCO2)[C@@H](c1ccccc1)N1CCOCC1. The van der Waals surface area contributed by atoms with Crippen LogP contribution >= 0.6 is 12.2 Å². The Morgan fingerprint density at radius 2 is 1.83 bits per heavy atom. The summed E-state index contributed by atoms with van der Waals surface area (Å²) in [5.74, 6) is 1.58. The predicted molar refractivity (Wildman–Crippen MR) is 116 cm³/mol. The van der Waals surface area contributed by atoms with Crippen LogP contribution < -0.4 is 20.1 Å². The molecule has 2 aliphatic rings. The van der Waals surface area contributed by atoms with E-state index in [2.05, 4.69) is 52.8 Å². The number of morpholine rings is 1. The average molecular weight is 414 g/mol. The number of fused-ring (bicyclic) bond motifs is 1. The molecule has 2 aromatic carbocycles. The van der Waals surface area contributed by atoms with Crippen LogP contribution in [0.4, 0.5) is 0 Å². The second-order valence-electron chi connectivity index (χ2n) is 7.31. The molecule has 4 rings (SSSR count). The lowest BCUT2D eigenvalue weighted by molar-refractivity contribution is 0.0102. The molecule has 7 heteroatoms. The van der Waals surface area contributed by atoms with E-state index in [9.17, 15) is 0 Å². The van der Waals surface area contributed by atoms with Crippen molar-refractivity contribution < 1.29 is 14.2 Å². The Morgan fingerprint density at radius 3 is 2.62 bits per heavy atom. The zero-order chi connectivity index (χ0) is 20.1. The third-order valence-electron chi connectivity index (χ3n) is 5.30. The molecule has 0 radical (unpaired) electrons. The number of hydrogen-bond donors (Lipinski definition) is 2. The maximum absolute atomic E-state index is 5.58. The molecule has 2 atom stereocenters. The molecule has 1 saturated heterocycles. The van der Waals surface area contributed by atoms with Crippen LogP contribution in [0.3, 0.4) is 0 Å². The number of thiocarbonyl (C=S) groups is 1. The molecule has 2 aliphatic heterocycles. The van der Waals surface area contributed by atoms with Gasteiger partial charge in [-0.3, -0.25) is 4.90 Å². The molecular formula is C22H27N3O3S. The molecule has 0 aromatic heterocycles. The molecule has 2 heterocycles. The zero-order valence-electron chi connectivity index (χ0n) is 16.6. The van der Waals surface area contributed by atoms with Crippen molar-refractivity contribution in [2.45, 2.75) is 25.6 Å². The quantitative estimate of drug-likeness (QED) is 0.707. The Hall–Kier alpha value is -2.35. The Bertz CT molecular complexity index is 827. The number of rotatable bonds is 6. The lowest BCUT2D eigenvalue weighted by Crippen LogP contribution is -2.50. The fourth-order valence-corrected chi connectivity index (χ4v) is 4.15. The van der Waals surface area contributed by atoms with E-state index in [1.807, 2.05) is 18.2 Å². The van der Waals surface area contributed by atoms with Gasteiger partial charge in [-0.05, 0) is 42.4 Å². The van der Waals surface area contributed by atoms with Crippen LogP contribution in [-0.2, 0) is 11.3 Å². The van der Waals surface area contributed by atoms with Crippen LogP contribution in [0, 0.1) is 0 Å². The van der Waals surface area contributed by atoms with Gasteiger partial charge in [0.25, 0.3) is 0 Å². The number of nitrogens with zero attached hydrogens (tertiary/aromatic N) is 1. The summed E-state index contributed by atoms with van der Waals surface area (Å²) >= 11 is 5.58. The zero-order valence-corrected chi connectivity index (χ0v) is 17.4. The highest BCUT2D eigenvalue weighted by atomic mass is 32.1. The largest absolute Gasteiger partial charge is 0.454 e. The molecular weight excluding hydrogens is 386 g/mol. The highest BCUT2D eigenvalue weighted by molar-refractivity contribution is 7.80. The number of ether oxygens (including phenoxy) is 3. The summed E-state index contributed by atoms with van der Waals surface area (Å²) in [4.78, 5) is 2.47. The van der Waals surface area contributed by atoms with Crippen molar-refractivity contribution in [2.24, 2.45) is 0 Å². The van der Waals surface area contributed by atoms with Crippen LogP contribution in [0.15, 0.2) is 48.5 Å². The van der Waals surface area contributed by atoms with Crippen LogP contribution in [0.25, 0.3) is 0 Å². The van der Waals surface area contributed by atoms with Crippen molar-refractivity contribution in [3.63, 3.8) is 0 Å². The first-order valence-electron chi connectivity index (χ1n) is 10.0. The molecule has 1 fully saturated rings. The second kappa shape index (κ2) is 9.43. The van der Waals surface area contributed by atoms with Crippen molar-refractivity contribution in [1.82, 2.24) is 15.5 Å². The average Bonchev–Trinajstić information content (AvgIpc) is 3.22. The van der Waals surface area contributed by atoms with E-state index in [1.54, 1.807) is 0 Å². The minimum Gasteiger partial charge on any atom is -0.454 e. The molecule has 2 aromatic rings. The van der Waals surface area contributed by atoms with Crippen LogP contribution in [0.5, 0.6) is 11.5 Å². The van der Waals surface area contributed by atoms with E-state index in [0.29, 0.717) is 11.7 Å². The first-order valence-corrected chi connectivity index (χ1v) is 10.4. The van der Waals surface area contributed by atoms with E-state index < -0.39 is 0 Å². The summed E-state index contributed by atoms with van der Waals surface area (Å²) in [6.07, 6.45) is 0. The molecule has 29 heavy (non-hydrogen) atoms. The molecule has 0 amide bonds. The Labute approximate surface area is 177 Å². The van der Waals surface area contributed by atoms with Crippen molar-refractivity contribution in [1.29, 1.82) is 0 Å². The first kappa shape index (κ1) is 19.9. The van der Waals surface area contributed by atoms with Gasteiger partial charge >= 0.3 is 0 Å². The number of nitrogens with one attached hydrogen (secondary N) is 2. The van der Waals surface area contributed by atoms with Crippen molar-refractivity contribution >= 4 is 17.3 Å². The summed E-state index contributed by atoms with van der Waals surface area (Å²) < 4.78 is 16.4. The topological polar surface area (TPSA) is 55.0 Å². The highest BCUT2D eigenvalue weighted by Crippen LogP contribution is 2.32. The Balaban J connectivity index is 1.37. The summed E-state index contributed by atoms with van der Waals surface area (Å²) in [6, 6.07) is 16.9. The van der Waals surface area contributed by atoms with E-state index in [-0.39, 0.29) is 18.9 Å². The van der Waals surface area contributed by atoms with E-state index >= 15 is 0 Å². The highest BCUT2D eigenvalue weighted by Gasteiger charge is 2.28. The fourth-order valence-electron chi connectivity index (χ4n) is 3.89. The third-order valence-corrected chi connectivity index (χ3v) is 5.56. The van der Waals surface area contributed by atoms with Gasteiger partial charge in [0.15, 0.2) is 16.6 Å². The van der Waals surface area contributed by atoms with Crippen molar-refractivity contribution in [2.75, 3.05) is 33.1 Å². The molecule has 0 bridgehead atoms. The molecule has 0 spiro atoms. The van der Waals surface area contributed by atoms with E-state index in [4.69, 9.17) is 26.4 Å². The maximum Gasteiger partial charge on any atom is 0.231 e. The molecule has 0 saturated carbocycles. The van der Waals surface area contributed by atoms with Gasteiger partial charge in [0, 0.05) is 25.7 Å². The fraction of sp³-hybridized carbons (Fsp3) is 0.409. The molecule has 0 aliphatic carbocycles. The minimum absolute atomic E-state index is 0.146. The lowest BCUT2D eigenvalue weighted by atomic mass is 9.98.